The van der Waals surface area contributed by atoms with Gasteiger partial charge in [0.15, 0.2) is 8.32 Å². The lowest BCUT2D eigenvalue weighted by Crippen LogP contribution is -2.71. The zero-order valence-corrected chi connectivity index (χ0v) is 21.7. The van der Waals surface area contributed by atoms with Crippen LogP contribution in [0.4, 0.5) is 0 Å². The zero-order chi connectivity index (χ0) is 23.6. The van der Waals surface area contributed by atoms with Gasteiger partial charge in [0.1, 0.15) is 12.4 Å². The van der Waals surface area contributed by atoms with Crippen LogP contribution in [0.15, 0.2) is 0 Å². The van der Waals surface area contributed by atoms with E-state index in [0.717, 1.165) is 0 Å². The van der Waals surface area contributed by atoms with Crippen LogP contribution >= 0.6 is 0 Å². The molecule has 1 rings (SSSR count). The van der Waals surface area contributed by atoms with E-state index in [0.29, 0.717) is 6.42 Å². The number of aliphatic hydroxyl groups is 3. The first-order valence-corrected chi connectivity index (χ1v) is 13.8. The Labute approximate surface area is 184 Å². The van der Waals surface area contributed by atoms with Crippen molar-refractivity contribution in [3.8, 4) is 0 Å². The molecule has 0 radical (unpaired) electrons. The first-order valence-electron chi connectivity index (χ1n) is 10.9. The minimum Gasteiger partial charge on any atom is -0.411 e. The maximum absolute atomic E-state index is 11.8. The summed E-state index contributed by atoms with van der Waals surface area (Å²) in [5.41, 5.74) is -2.99. The Morgan fingerprint density at radius 1 is 1.07 bits per heavy atom. The summed E-state index contributed by atoms with van der Waals surface area (Å²) in [6, 6.07) is 0. The predicted molar refractivity (Wildman–Crippen MR) is 120 cm³/mol. The molecule has 0 aliphatic heterocycles. The van der Waals surface area contributed by atoms with Crippen LogP contribution in [0.3, 0.4) is 0 Å². The van der Waals surface area contributed by atoms with E-state index in [2.05, 4.69) is 33.9 Å². The van der Waals surface area contributed by atoms with Gasteiger partial charge in [-0.2, -0.15) is 0 Å². The summed E-state index contributed by atoms with van der Waals surface area (Å²) in [4.78, 5) is 0. The number of hydrogen-bond acceptors (Lipinski definition) is 7. The number of ether oxygens (including phenoxy) is 3. The van der Waals surface area contributed by atoms with Crippen molar-refractivity contribution in [2.24, 2.45) is 5.41 Å². The van der Waals surface area contributed by atoms with Crippen LogP contribution in [-0.2, 0) is 18.6 Å². The Morgan fingerprint density at radius 2 is 1.63 bits per heavy atom. The second-order valence-electron chi connectivity index (χ2n) is 11.4. The zero-order valence-electron chi connectivity index (χ0n) is 20.7. The van der Waals surface area contributed by atoms with E-state index in [9.17, 15) is 15.3 Å². The second kappa shape index (κ2) is 9.83. The molecule has 0 unspecified atom stereocenters. The maximum atomic E-state index is 11.8. The molecule has 0 saturated heterocycles. The summed E-state index contributed by atoms with van der Waals surface area (Å²) in [5, 5.41) is 32.9. The van der Waals surface area contributed by atoms with Gasteiger partial charge in [0.25, 0.3) is 0 Å². The van der Waals surface area contributed by atoms with Gasteiger partial charge in [0, 0.05) is 25.6 Å². The van der Waals surface area contributed by atoms with Crippen LogP contribution in [0.5, 0.6) is 0 Å². The molecule has 0 amide bonds. The summed E-state index contributed by atoms with van der Waals surface area (Å²) in [7, 11) is -0.766. The molecule has 0 aromatic carbocycles. The minimum atomic E-state index is -2.27. The van der Waals surface area contributed by atoms with Crippen LogP contribution < -0.4 is 0 Å². The summed E-state index contributed by atoms with van der Waals surface area (Å²) >= 11 is 0. The quantitative estimate of drug-likeness (QED) is 0.282. The molecule has 0 aromatic heterocycles. The van der Waals surface area contributed by atoms with Crippen LogP contribution in [0.2, 0.25) is 18.1 Å². The van der Waals surface area contributed by atoms with Crippen molar-refractivity contribution in [3.63, 3.8) is 0 Å². The SMILES string of the molecule is COCOC[C@]1(O)[C@@H](O[Si](C)(C)C(C)(C)C)C[C@H](OC(C)(C)C)[C@@](C)(CCO)[C@H]1O. The molecule has 0 spiro atoms. The molecule has 180 valence electrons. The van der Waals surface area contributed by atoms with Crippen molar-refractivity contribution < 1.29 is 34.0 Å². The molecule has 1 aliphatic rings. The molecule has 1 fully saturated rings. The molecule has 8 heteroatoms. The van der Waals surface area contributed by atoms with Crippen molar-refractivity contribution in [3.05, 3.63) is 0 Å². The number of aliphatic hydroxyl groups excluding tert-OH is 2. The highest BCUT2D eigenvalue weighted by molar-refractivity contribution is 6.74. The topological polar surface area (TPSA) is 97.6 Å². The Kier molecular flexibility index (Phi) is 9.16. The Bertz CT molecular complexity index is 543. The summed E-state index contributed by atoms with van der Waals surface area (Å²) in [6.45, 7) is 18.1. The maximum Gasteiger partial charge on any atom is 0.192 e. The van der Waals surface area contributed by atoms with E-state index in [1.54, 1.807) is 0 Å². The molecule has 0 aromatic rings. The largest absolute Gasteiger partial charge is 0.411 e. The first kappa shape index (κ1) is 28.0. The molecule has 30 heavy (non-hydrogen) atoms. The highest BCUT2D eigenvalue weighted by Gasteiger charge is 2.62. The fraction of sp³-hybridized carbons (Fsp3) is 1.00. The molecule has 3 N–H and O–H groups in total. The van der Waals surface area contributed by atoms with Crippen molar-refractivity contribution in [1.29, 1.82) is 0 Å². The monoisotopic (exact) mass is 450 g/mol. The van der Waals surface area contributed by atoms with Crippen LogP contribution in [0.25, 0.3) is 0 Å². The van der Waals surface area contributed by atoms with E-state index < -0.39 is 43.2 Å². The average molecular weight is 451 g/mol. The molecule has 0 heterocycles. The second-order valence-corrected chi connectivity index (χ2v) is 16.2. The lowest BCUT2D eigenvalue weighted by molar-refractivity contribution is -0.280. The van der Waals surface area contributed by atoms with Gasteiger partial charge in [-0.25, -0.2) is 0 Å². The molecule has 5 atom stereocenters. The van der Waals surface area contributed by atoms with E-state index >= 15 is 0 Å². The third kappa shape index (κ3) is 6.25. The fourth-order valence-electron chi connectivity index (χ4n) is 3.88. The van der Waals surface area contributed by atoms with Gasteiger partial charge in [0.2, 0.25) is 0 Å². The Hall–Kier alpha value is -0.0631. The number of rotatable bonds is 9. The van der Waals surface area contributed by atoms with E-state index in [1.807, 2.05) is 27.7 Å². The van der Waals surface area contributed by atoms with Crippen LogP contribution in [-0.4, -0.2) is 80.3 Å². The third-order valence-electron chi connectivity index (χ3n) is 6.74. The Balaban J connectivity index is 3.42. The van der Waals surface area contributed by atoms with Crippen molar-refractivity contribution in [2.45, 2.75) is 109 Å². The predicted octanol–water partition coefficient (Wildman–Crippen LogP) is 3.07. The fourth-order valence-corrected chi connectivity index (χ4v) is 5.25. The van der Waals surface area contributed by atoms with E-state index in [1.165, 1.54) is 7.11 Å². The first-order chi connectivity index (χ1) is 13.4. The standard InChI is InChI=1S/C22H46O7Si/c1-19(2,3)28-16-13-17(29-30(9,10)20(4,5)6)22(25,14-27-15-26-8)18(24)21(16,7)11-12-23/h16-18,23-25H,11-15H2,1-10H3/t16-,17-,18+,21+,22-/m0/s1. The van der Waals surface area contributed by atoms with E-state index in [4.69, 9.17) is 18.6 Å². The molecular formula is C22H46O7Si. The summed E-state index contributed by atoms with van der Waals surface area (Å²) in [5.74, 6) is 0. The van der Waals surface area contributed by atoms with E-state index in [-0.39, 0.29) is 31.5 Å². The summed E-state index contributed by atoms with van der Waals surface area (Å²) in [6.07, 6.45) is -1.62. The van der Waals surface area contributed by atoms with Gasteiger partial charge in [-0.15, -0.1) is 0 Å². The third-order valence-corrected chi connectivity index (χ3v) is 11.2. The van der Waals surface area contributed by atoms with Gasteiger partial charge >= 0.3 is 0 Å². The number of hydrogen-bond donors (Lipinski definition) is 3. The van der Waals surface area contributed by atoms with Crippen molar-refractivity contribution in [2.75, 3.05) is 27.1 Å². The number of methoxy groups -OCH3 is 1. The molecule has 1 saturated carbocycles. The minimum absolute atomic E-state index is 0.000472. The van der Waals surface area contributed by atoms with Crippen LogP contribution in [0.1, 0.15) is 61.3 Å². The van der Waals surface area contributed by atoms with Gasteiger partial charge in [0.05, 0.1) is 30.5 Å². The van der Waals surface area contributed by atoms with Gasteiger partial charge in [-0.05, 0) is 45.3 Å². The van der Waals surface area contributed by atoms with Crippen molar-refractivity contribution >= 4 is 8.32 Å². The van der Waals surface area contributed by atoms with Gasteiger partial charge in [-0.1, -0.05) is 27.7 Å². The molecule has 7 nitrogen and oxygen atoms in total. The van der Waals surface area contributed by atoms with Gasteiger partial charge in [-0.3, -0.25) is 0 Å². The van der Waals surface area contributed by atoms with Gasteiger partial charge < -0.3 is 34.0 Å². The molecule has 0 bridgehead atoms. The Morgan fingerprint density at radius 3 is 2.07 bits per heavy atom. The lowest BCUT2D eigenvalue weighted by Gasteiger charge is -2.57. The van der Waals surface area contributed by atoms with Crippen LogP contribution in [0, 0.1) is 5.41 Å². The molecule has 1 aliphatic carbocycles. The normalized spacial score (nSPS) is 33.7. The highest BCUT2D eigenvalue weighted by atomic mass is 28.4. The highest BCUT2D eigenvalue weighted by Crippen LogP contribution is 2.50. The van der Waals surface area contributed by atoms with Crippen molar-refractivity contribution in [1.82, 2.24) is 0 Å². The smallest absolute Gasteiger partial charge is 0.192 e. The summed E-state index contributed by atoms with van der Waals surface area (Å²) < 4.78 is 23.5. The molecular weight excluding hydrogens is 404 g/mol. The average Bonchev–Trinajstić information content (AvgIpc) is 2.56. The lowest BCUT2D eigenvalue weighted by atomic mass is 9.61.